The van der Waals surface area contributed by atoms with Crippen LogP contribution in [-0.2, 0) is 0 Å². The van der Waals surface area contributed by atoms with Crippen LogP contribution in [0, 0.1) is 0 Å². The van der Waals surface area contributed by atoms with Crippen LogP contribution in [0.25, 0.3) is 291 Å². The van der Waals surface area contributed by atoms with E-state index in [9.17, 15) is 0 Å². The molecule has 12 aromatic heterocycles. The van der Waals surface area contributed by atoms with E-state index >= 15 is 0 Å². The minimum Gasteiger partial charge on any atom is -0.456 e. The van der Waals surface area contributed by atoms with Crippen LogP contribution in [0.3, 0.4) is 0 Å². The normalized spacial score (nSPS) is 12.0. The van der Waals surface area contributed by atoms with Crippen molar-refractivity contribution in [2.45, 2.75) is 0 Å². The molecule has 0 aliphatic carbocycles. The minimum atomic E-state index is 0.582. The third-order valence-electron chi connectivity index (χ3n) is 26.0. The van der Waals surface area contributed by atoms with Crippen LogP contribution in [0.1, 0.15) is 0 Å². The molecule has 0 amide bonds. The van der Waals surface area contributed by atoms with Crippen LogP contribution in [0.4, 0.5) is 0 Å². The Kier molecular flexibility index (Phi) is 17.8. The highest BCUT2D eigenvalue weighted by Gasteiger charge is 2.23. The number of fused-ring (bicyclic) bond motifs is 27. The first-order valence-electron chi connectivity index (χ1n) is 44.5. The molecule has 0 aliphatic rings. The molecule has 0 saturated heterocycles. The van der Waals surface area contributed by atoms with Gasteiger partial charge in [0.2, 0.25) is 0 Å². The van der Waals surface area contributed by atoms with Crippen LogP contribution < -0.4 is 0 Å². The van der Waals surface area contributed by atoms with Crippen molar-refractivity contribution < 1.29 is 17.7 Å². The van der Waals surface area contributed by atoms with Gasteiger partial charge in [-0.1, -0.05) is 231 Å². The molecule has 30 aromatic rings. The summed E-state index contributed by atoms with van der Waals surface area (Å²) in [5.41, 5.74) is 19.1. The zero-order chi connectivity index (χ0) is 88.5. The molecule has 16 heteroatoms. The van der Waals surface area contributed by atoms with Gasteiger partial charge in [-0.25, -0.2) is 34.9 Å². The molecular weight excluding hydrogens is 1750 g/mol. The van der Waals surface area contributed by atoms with Gasteiger partial charge < -0.3 is 17.7 Å². The second kappa shape index (κ2) is 31.0. The van der Waals surface area contributed by atoms with E-state index < -0.39 is 0 Å². The van der Waals surface area contributed by atoms with E-state index in [-0.39, 0.29) is 0 Å². The standard InChI is InChI=1S/C40H22N2O2S.C40H22N2S3.C39H21N3O2S/c1-4-10-34-26(7-1)28-16-13-23(19-36(28)43-34)32-22-33(24-14-18-31-30-9-3-6-12-38(30)45-39(31)21-24)42-40(41-32)25-15-17-29-27-8-2-5-11-35(27)44-37(29)20-25;1-4-10-34-26(7-1)29-16-13-24(21-39(29)45-34)33-22-32(23-14-17-37-30(19-23)27-8-2-5-11-35(27)43-37)41-40(42-33)25-15-18-38-31(20-25)28-9-3-6-12-36(28)44-38;1-4-10-31-25(7-1)27-16-13-22(19-33(27)43-31)37-40-38(23-14-17-28-26-8-2-5-11-32(26)44-34(28)20-23)42-39(41-37)24-15-18-30-29-9-3-6-12-35(29)45-36(30)21-24/h2*1-22H;1-21H. The Morgan fingerprint density at radius 2 is 0.319 bits per heavy atom. The van der Waals surface area contributed by atoms with Crippen molar-refractivity contribution >= 4 is 245 Å². The lowest BCUT2D eigenvalue weighted by atomic mass is 10.0. The Morgan fingerprint density at radius 1 is 0.126 bits per heavy atom. The van der Waals surface area contributed by atoms with E-state index in [2.05, 4.69) is 309 Å². The average Bonchev–Trinajstić information content (AvgIpc) is 1.71. The Labute approximate surface area is 787 Å². The number of furan rings is 4. The van der Waals surface area contributed by atoms with E-state index in [1.807, 2.05) is 130 Å². The number of aromatic nitrogens is 7. The number of hydrogen-bond donors (Lipinski definition) is 0. The molecule has 12 heterocycles. The van der Waals surface area contributed by atoms with Gasteiger partial charge in [0.05, 0.1) is 22.8 Å². The summed E-state index contributed by atoms with van der Waals surface area (Å²) in [4.78, 5) is 35.8. The molecule has 18 aromatic carbocycles. The van der Waals surface area contributed by atoms with Gasteiger partial charge in [0.1, 0.15) is 44.7 Å². The van der Waals surface area contributed by atoms with Gasteiger partial charge in [0.25, 0.3) is 0 Å². The molecule has 0 atom stereocenters. The van der Waals surface area contributed by atoms with Gasteiger partial charge in [-0.05, 0) is 164 Å². The molecule has 0 radical (unpaired) electrons. The fourth-order valence-corrected chi connectivity index (χ4v) is 25.0. The highest BCUT2D eigenvalue weighted by Crippen LogP contribution is 2.47. The third kappa shape index (κ3) is 13.3. The SMILES string of the molecule is c1ccc2c(c1)oc1cc(-c3cc(-c4ccc5c(c4)sc4ccccc45)nc(-c4ccc5c(c4)oc4ccccc45)n3)ccc12.c1ccc2c(c1)oc1cc(-c3nc(-c4ccc5c(c4)oc4ccccc45)nc(-c4ccc5c(c4)sc4ccccc45)n3)ccc12.c1ccc2c(c1)sc1cc(-c3cc(-c4ccc5sc6ccccc6c5c4)nc(-c4ccc5sc6ccccc6c5c4)n3)ccc12. The quantitative estimate of drug-likeness (QED) is 0.136. The summed E-state index contributed by atoms with van der Waals surface area (Å²) < 4.78 is 37.6. The lowest BCUT2D eigenvalue weighted by molar-refractivity contribution is 0.668. The number of benzene rings is 18. The molecule has 0 bridgehead atoms. The van der Waals surface area contributed by atoms with E-state index in [0.717, 1.165) is 166 Å². The van der Waals surface area contributed by atoms with Gasteiger partial charge >= 0.3 is 0 Å². The summed E-state index contributed by atoms with van der Waals surface area (Å²) in [7, 11) is 0. The zero-order valence-electron chi connectivity index (χ0n) is 71.3. The van der Waals surface area contributed by atoms with Crippen molar-refractivity contribution in [3.05, 3.63) is 394 Å². The first-order chi connectivity index (χ1) is 66.7. The monoisotopic (exact) mass is 1820 g/mol. The highest BCUT2D eigenvalue weighted by molar-refractivity contribution is 7.27. The van der Waals surface area contributed by atoms with Gasteiger partial charge in [-0.3, -0.25) is 0 Å². The molecule has 0 unspecified atom stereocenters. The summed E-state index contributed by atoms with van der Waals surface area (Å²) in [6.07, 6.45) is 0. The summed E-state index contributed by atoms with van der Waals surface area (Å²) in [6, 6.07) is 138. The van der Waals surface area contributed by atoms with Crippen LogP contribution >= 0.6 is 56.7 Å². The lowest BCUT2D eigenvalue weighted by Gasteiger charge is -2.10. The summed E-state index contributed by atoms with van der Waals surface area (Å²) >= 11 is 9.10. The first kappa shape index (κ1) is 77.2. The van der Waals surface area contributed by atoms with Gasteiger partial charge in [-0.2, -0.15) is 0 Å². The van der Waals surface area contributed by atoms with E-state index in [4.69, 9.17) is 52.6 Å². The van der Waals surface area contributed by atoms with Crippen molar-refractivity contribution in [2.75, 3.05) is 0 Å². The topological polar surface area (TPSA) is 143 Å². The molecule has 11 nitrogen and oxygen atoms in total. The maximum Gasteiger partial charge on any atom is 0.164 e. The average molecular weight is 1820 g/mol. The largest absolute Gasteiger partial charge is 0.456 e. The molecule has 0 N–H and O–H groups in total. The van der Waals surface area contributed by atoms with E-state index in [0.29, 0.717) is 23.3 Å². The Morgan fingerprint density at radius 3 is 0.659 bits per heavy atom. The summed E-state index contributed by atoms with van der Waals surface area (Å²) in [5.74, 6) is 3.16. The van der Waals surface area contributed by atoms with Gasteiger partial charge in [0, 0.05) is 194 Å². The highest BCUT2D eigenvalue weighted by atomic mass is 32.1. The second-order valence-electron chi connectivity index (χ2n) is 34.0. The van der Waals surface area contributed by atoms with Crippen molar-refractivity contribution in [1.82, 2.24) is 34.9 Å². The smallest absolute Gasteiger partial charge is 0.164 e. The van der Waals surface area contributed by atoms with E-state index in [1.54, 1.807) is 11.3 Å². The van der Waals surface area contributed by atoms with Gasteiger partial charge in [0.15, 0.2) is 29.1 Å². The fourth-order valence-electron chi connectivity index (χ4n) is 19.4. The van der Waals surface area contributed by atoms with Crippen LogP contribution in [-0.4, -0.2) is 34.9 Å². The number of para-hydroxylation sites is 4. The van der Waals surface area contributed by atoms with Crippen LogP contribution in [0.15, 0.2) is 412 Å². The van der Waals surface area contributed by atoms with Crippen molar-refractivity contribution in [1.29, 1.82) is 0 Å². The maximum atomic E-state index is 6.24. The van der Waals surface area contributed by atoms with E-state index in [1.165, 1.54) is 101 Å². The summed E-state index contributed by atoms with van der Waals surface area (Å²) in [5, 5.41) is 21.4. The molecule has 0 fully saturated rings. The predicted molar refractivity (Wildman–Crippen MR) is 566 cm³/mol. The maximum absolute atomic E-state index is 6.24. The Balaban J connectivity index is 0.000000101. The molecule has 0 aliphatic heterocycles. The first-order valence-corrected chi connectivity index (χ1v) is 48.6. The van der Waals surface area contributed by atoms with Crippen LogP contribution in [0.2, 0.25) is 0 Å². The zero-order valence-corrected chi connectivity index (χ0v) is 75.4. The number of rotatable bonds is 9. The molecule has 0 spiro atoms. The van der Waals surface area contributed by atoms with Gasteiger partial charge in [-0.15, -0.1) is 56.7 Å². The molecule has 135 heavy (non-hydrogen) atoms. The molecular formula is C119H65N7O4S5. The molecule has 30 rings (SSSR count). The van der Waals surface area contributed by atoms with Crippen LogP contribution in [0.5, 0.6) is 0 Å². The molecule has 630 valence electrons. The summed E-state index contributed by atoms with van der Waals surface area (Å²) in [6.45, 7) is 0. The predicted octanol–water partition coefficient (Wildman–Crippen LogP) is 35.3. The number of thiophene rings is 5. The number of nitrogens with zero attached hydrogens (tertiary/aromatic N) is 7. The van der Waals surface area contributed by atoms with Crippen molar-refractivity contribution in [3.63, 3.8) is 0 Å². The lowest BCUT2D eigenvalue weighted by Crippen LogP contribution is -2.00. The Hall–Kier alpha value is -16.6. The van der Waals surface area contributed by atoms with Crippen molar-refractivity contribution in [3.8, 4) is 102 Å². The Bertz CT molecular complexity index is 9040. The number of hydrogen-bond acceptors (Lipinski definition) is 16. The van der Waals surface area contributed by atoms with Crippen molar-refractivity contribution in [2.24, 2.45) is 0 Å². The molecule has 0 saturated carbocycles. The minimum absolute atomic E-state index is 0.582. The fraction of sp³-hybridized carbons (Fsp3) is 0. The third-order valence-corrected chi connectivity index (χ3v) is 31.7. The second-order valence-corrected chi connectivity index (χ2v) is 39.4.